The number of nitrogen functional groups attached to an aromatic ring is 1. The van der Waals surface area contributed by atoms with E-state index in [2.05, 4.69) is 102 Å². The van der Waals surface area contributed by atoms with Gasteiger partial charge in [-0.15, -0.1) is 14.5 Å². The Bertz CT molecular complexity index is 1090. The highest BCUT2D eigenvalue weighted by Crippen LogP contribution is 2.41. The Balaban J connectivity index is 0. The van der Waals surface area contributed by atoms with Crippen molar-refractivity contribution in [1.82, 2.24) is 10.3 Å². The Morgan fingerprint density at radius 2 is 1.76 bits per heavy atom. The molecule has 0 fully saturated rings. The fraction of sp³-hybridized carbons (Fsp3) is 0.564. The predicted octanol–water partition coefficient (Wildman–Crippen LogP) is 11.5. The number of nitrogens with one attached hydrogen (secondary N) is 1. The van der Waals surface area contributed by atoms with Crippen LogP contribution in [-0.2, 0) is 6.42 Å². The van der Waals surface area contributed by atoms with Crippen molar-refractivity contribution < 1.29 is 4.39 Å². The molecule has 0 spiro atoms. The zero-order valence-electron chi connectivity index (χ0n) is 31.2. The van der Waals surface area contributed by atoms with Gasteiger partial charge in [0.1, 0.15) is 5.82 Å². The molecule has 0 aliphatic carbocycles. The molecule has 0 saturated heterocycles. The number of rotatable bonds is 8. The third-order valence-corrected chi connectivity index (χ3v) is 10.0. The lowest BCUT2D eigenvalue weighted by molar-refractivity contribution is 0.228. The maximum atomic E-state index is 14.3. The molecule has 1 unspecified atom stereocenters. The number of aromatic nitrogens is 1. The van der Waals surface area contributed by atoms with E-state index in [1.54, 1.807) is 23.2 Å². The lowest BCUT2D eigenvalue weighted by atomic mass is 9.90. The van der Waals surface area contributed by atoms with Crippen molar-refractivity contribution in [2.75, 3.05) is 37.6 Å². The van der Waals surface area contributed by atoms with Crippen LogP contribution >= 0.6 is 7.92 Å². The van der Waals surface area contributed by atoms with Crippen molar-refractivity contribution in [3.63, 3.8) is 0 Å². The number of unbranched alkanes of at least 4 members (excludes halogenated alkanes) is 2. The number of benzene rings is 1. The van der Waals surface area contributed by atoms with Gasteiger partial charge in [-0.1, -0.05) is 98.1 Å². The van der Waals surface area contributed by atoms with E-state index in [1.165, 1.54) is 41.5 Å². The van der Waals surface area contributed by atoms with Crippen molar-refractivity contribution in [1.29, 1.82) is 0 Å². The molecular weight excluding hydrogens is 574 g/mol. The van der Waals surface area contributed by atoms with E-state index in [1.807, 2.05) is 46.9 Å². The second-order valence-electron chi connectivity index (χ2n) is 12.3. The first kappa shape index (κ1) is 44.5. The van der Waals surface area contributed by atoms with E-state index in [0.29, 0.717) is 11.0 Å². The maximum Gasteiger partial charge on any atom is 0.175 e. The van der Waals surface area contributed by atoms with Gasteiger partial charge < -0.3 is 16.0 Å². The SMILES string of the molecule is C=CC.CC.CCCCCN/C=C(\C=C(C)CC)c1ccc2c(c1)CC(C)[C@H](F)N2C.CP(C)C(C)(C)C.Nc1ccccn1. The Kier molecular flexibility index (Phi) is 25.2. The van der Waals surface area contributed by atoms with E-state index >= 15 is 0 Å². The highest BCUT2D eigenvalue weighted by molar-refractivity contribution is 7.57. The van der Waals surface area contributed by atoms with Gasteiger partial charge in [-0.2, -0.15) is 0 Å². The number of halogens is 1. The first-order chi connectivity index (χ1) is 21.2. The minimum atomic E-state index is -0.897. The van der Waals surface area contributed by atoms with Gasteiger partial charge in [0.15, 0.2) is 6.30 Å². The second-order valence-corrected chi connectivity index (χ2v) is 15.5. The van der Waals surface area contributed by atoms with Crippen LogP contribution in [0, 0.1) is 5.92 Å². The number of pyridine rings is 1. The summed E-state index contributed by atoms with van der Waals surface area (Å²) in [6.07, 6.45) is 12.4. The lowest BCUT2D eigenvalue weighted by Crippen LogP contribution is -2.38. The summed E-state index contributed by atoms with van der Waals surface area (Å²) in [5.41, 5.74) is 11.3. The molecule has 4 nitrogen and oxygen atoms in total. The minimum absolute atomic E-state index is 0.0234. The largest absolute Gasteiger partial charge is 0.390 e. The minimum Gasteiger partial charge on any atom is -0.390 e. The van der Waals surface area contributed by atoms with Gasteiger partial charge in [-0.05, 0) is 92.6 Å². The molecule has 1 aromatic heterocycles. The molecule has 1 aromatic carbocycles. The Morgan fingerprint density at radius 1 is 1.16 bits per heavy atom. The zero-order valence-corrected chi connectivity index (χ0v) is 32.1. The molecule has 2 heterocycles. The molecule has 0 bridgehead atoms. The highest BCUT2D eigenvalue weighted by Gasteiger charge is 2.29. The number of alkyl halides is 1. The van der Waals surface area contributed by atoms with E-state index in [0.717, 1.165) is 25.1 Å². The number of allylic oxidation sites excluding steroid dienone is 4. The van der Waals surface area contributed by atoms with Crippen LogP contribution in [0.15, 0.2) is 73.1 Å². The van der Waals surface area contributed by atoms with E-state index < -0.39 is 6.30 Å². The molecule has 256 valence electrons. The molecule has 0 saturated carbocycles. The molecule has 0 amide bonds. The maximum absolute atomic E-state index is 14.3. The number of hydrogen-bond donors (Lipinski definition) is 2. The van der Waals surface area contributed by atoms with Gasteiger partial charge >= 0.3 is 0 Å². The van der Waals surface area contributed by atoms with E-state index in [-0.39, 0.29) is 13.8 Å². The number of nitrogens with two attached hydrogens (primary N) is 1. The Morgan fingerprint density at radius 3 is 2.20 bits per heavy atom. The van der Waals surface area contributed by atoms with Crippen LogP contribution in [0.5, 0.6) is 0 Å². The predicted molar refractivity (Wildman–Crippen MR) is 207 cm³/mol. The summed E-state index contributed by atoms with van der Waals surface area (Å²) in [6.45, 7) is 30.3. The molecule has 1 aliphatic heterocycles. The van der Waals surface area contributed by atoms with Crippen LogP contribution in [-0.4, -0.2) is 43.4 Å². The van der Waals surface area contributed by atoms with Gasteiger partial charge in [0, 0.05) is 37.6 Å². The van der Waals surface area contributed by atoms with Crippen molar-refractivity contribution in [3.05, 3.63) is 84.2 Å². The standard InChI is InChI=1S/C23H35FN2.C6H15P.C5H6N2.C3H6.C2H6/c1-6-8-9-12-25-16-21(13-17(3)7-2)19-10-11-22-20(15-19)14-18(4)23(24)26(22)5;1-6(2,3)7(4)5;6-5-3-1-2-4-7-5;1-3-2;1-2/h10-11,13,15-16,18,23,25H,6-9,12,14H2,1-5H3;1-5H3;1-4H,(H2,6,7);3H,1H2,2H3;1-2H3/b17-13?,21-16+;;;;/t18?,23-;;;;/m1..../s1. The number of anilines is 2. The Labute approximate surface area is 279 Å². The van der Waals surface area contributed by atoms with Crippen molar-refractivity contribution in [2.45, 2.75) is 113 Å². The summed E-state index contributed by atoms with van der Waals surface area (Å²) in [5.74, 6) is 0.595. The average molecular weight is 643 g/mol. The summed E-state index contributed by atoms with van der Waals surface area (Å²) in [6, 6.07) is 11.9. The summed E-state index contributed by atoms with van der Waals surface area (Å²) in [4.78, 5) is 5.53. The average Bonchev–Trinajstić information content (AvgIpc) is 3.01. The highest BCUT2D eigenvalue weighted by atomic mass is 31.1. The van der Waals surface area contributed by atoms with Crippen LogP contribution in [0.2, 0.25) is 0 Å². The van der Waals surface area contributed by atoms with Crippen LogP contribution in [0.25, 0.3) is 5.57 Å². The molecule has 2 atom stereocenters. The number of hydrogen-bond acceptors (Lipinski definition) is 4. The molecule has 3 rings (SSSR count). The first-order valence-electron chi connectivity index (χ1n) is 16.7. The first-order valence-corrected chi connectivity index (χ1v) is 19.0. The van der Waals surface area contributed by atoms with Crippen LogP contribution in [0.1, 0.15) is 106 Å². The number of fused-ring (bicyclic) bond motifs is 1. The second kappa shape index (κ2) is 25.5. The lowest BCUT2D eigenvalue weighted by Gasteiger charge is -2.35. The van der Waals surface area contributed by atoms with Crippen molar-refractivity contribution in [3.8, 4) is 0 Å². The van der Waals surface area contributed by atoms with E-state index in [4.69, 9.17) is 5.73 Å². The molecule has 3 N–H and O–H groups in total. The van der Waals surface area contributed by atoms with Gasteiger partial charge in [-0.3, -0.25) is 0 Å². The third-order valence-electron chi connectivity index (χ3n) is 7.35. The van der Waals surface area contributed by atoms with Crippen LogP contribution in [0.4, 0.5) is 15.9 Å². The summed E-state index contributed by atoms with van der Waals surface area (Å²) < 4.78 is 14.3. The summed E-state index contributed by atoms with van der Waals surface area (Å²) >= 11 is 0. The number of nitrogens with zero attached hydrogens (tertiary/aromatic N) is 2. The fourth-order valence-corrected chi connectivity index (χ4v) is 3.84. The van der Waals surface area contributed by atoms with Gasteiger partial charge in [0.25, 0.3) is 0 Å². The third kappa shape index (κ3) is 19.5. The van der Waals surface area contributed by atoms with Crippen molar-refractivity contribution in [2.24, 2.45) is 5.92 Å². The quantitative estimate of drug-likeness (QED) is 0.0989. The smallest absolute Gasteiger partial charge is 0.175 e. The van der Waals surface area contributed by atoms with Crippen LogP contribution in [0.3, 0.4) is 0 Å². The molecule has 1 aliphatic rings. The normalized spacial score (nSPS) is 15.8. The molecule has 0 radical (unpaired) electrons. The summed E-state index contributed by atoms with van der Waals surface area (Å²) in [5, 5.41) is 4.04. The van der Waals surface area contributed by atoms with Gasteiger partial charge in [0.2, 0.25) is 0 Å². The monoisotopic (exact) mass is 643 g/mol. The van der Waals surface area contributed by atoms with Gasteiger partial charge in [-0.25, -0.2) is 9.37 Å². The van der Waals surface area contributed by atoms with Crippen LogP contribution < -0.4 is 16.0 Å². The molecule has 2 aromatic rings. The topological polar surface area (TPSA) is 54.2 Å². The van der Waals surface area contributed by atoms with Crippen molar-refractivity contribution >= 4 is 25.0 Å². The van der Waals surface area contributed by atoms with Gasteiger partial charge in [0.05, 0.1) is 0 Å². The summed E-state index contributed by atoms with van der Waals surface area (Å²) in [7, 11) is 2.11. The fourth-order valence-electron chi connectivity index (χ4n) is 3.84. The molecule has 6 heteroatoms. The molecule has 45 heavy (non-hydrogen) atoms. The zero-order chi connectivity index (χ0) is 35.0. The molecular formula is C39H68FN4P. The van der Waals surface area contributed by atoms with E-state index in [9.17, 15) is 4.39 Å². The Hall–Kier alpha value is -2.65.